The molecule has 0 radical (unpaired) electrons. The highest BCUT2D eigenvalue weighted by Gasteiger charge is 2.19. The number of rotatable bonds is 4. The molecule has 1 aromatic heterocycles. The smallest absolute Gasteiger partial charge is 0.226 e. The van der Waals surface area contributed by atoms with Crippen molar-refractivity contribution in [3.05, 3.63) is 78.1 Å². The van der Waals surface area contributed by atoms with Crippen molar-refractivity contribution in [3.63, 3.8) is 0 Å². The van der Waals surface area contributed by atoms with Gasteiger partial charge in [-0.1, -0.05) is 60.7 Å². The van der Waals surface area contributed by atoms with Crippen LogP contribution in [0.2, 0.25) is 5.28 Å². The molecule has 0 aliphatic carbocycles. The summed E-state index contributed by atoms with van der Waals surface area (Å²) in [6, 6.07) is 23.9. The number of aromatic nitrogens is 3. The Morgan fingerprint density at radius 1 is 0.581 bits per heavy atom. The average Bonchev–Trinajstić information content (AvgIpc) is 2.82. The SMILES string of the molecule is COc1ccc2ccccc2c1-c1nc(Cl)nc(-c2c(OC)ccc3ccccc23)n1. The maximum absolute atomic E-state index is 6.40. The molecule has 6 heteroatoms. The number of nitrogens with zero attached hydrogens (tertiary/aromatic N) is 3. The second-order valence-corrected chi connectivity index (χ2v) is 7.32. The van der Waals surface area contributed by atoms with Gasteiger partial charge in [-0.2, -0.15) is 9.97 Å². The van der Waals surface area contributed by atoms with Gasteiger partial charge in [-0.3, -0.25) is 0 Å². The first kappa shape index (κ1) is 19.3. The van der Waals surface area contributed by atoms with Crippen LogP contribution in [0.4, 0.5) is 0 Å². The van der Waals surface area contributed by atoms with Crippen LogP contribution in [-0.2, 0) is 0 Å². The van der Waals surface area contributed by atoms with E-state index >= 15 is 0 Å². The van der Waals surface area contributed by atoms with Crippen LogP contribution in [0.1, 0.15) is 0 Å². The summed E-state index contributed by atoms with van der Waals surface area (Å²) in [6.07, 6.45) is 0. The van der Waals surface area contributed by atoms with Crippen LogP contribution in [0.15, 0.2) is 72.8 Å². The van der Waals surface area contributed by atoms with Crippen molar-refractivity contribution in [3.8, 4) is 34.3 Å². The van der Waals surface area contributed by atoms with Crippen LogP contribution >= 0.6 is 11.6 Å². The van der Waals surface area contributed by atoms with Crippen molar-refractivity contribution in [2.75, 3.05) is 14.2 Å². The van der Waals surface area contributed by atoms with E-state index < -0.39 is 0 Å². The van der Waals surface area contributed by atoms with Crippen molar-refractivity contribution < 1.29 is 9.47 Å². The lowest BCUT2D eigenvalue weighted by atomic mass is 10.0. The molecule has 5 rings (SSSR count). The van der Waals surface area contributed by atoms with E-state index in [0.29, 0.717) is 23.1 Å². The molecule has 4 aromatic carbocycles. The van der Waals surface area contributed by atoms with E-state index in [1.54, 1.807) is 14.2 Å². The molecular weight excluding hydrogens is 410 g/mol. The van der Waals surface area contributed by atoms with E-state index in [4.69, 9.17) is 26.1 Å². The van der Waals surface area contributed by atoms with E-state index in [1.165, 1.54) is 0 Å². The predicted octanol–water partition coefficient (Wildman–Crippen LogP) is 6.18. The molecule has 0 N–H and O–H groups in total. The summed E-state index contributed by atoms with van der Waals surface area (Å²) in [6.45, 7) is 0. The highest BCUT2D eigenvalue weighted by Crippen LogP contribution is 2.39. The first-order valence-corrected chi connectivity index (χ1v) is 10.1. The number of fused-ring (bicyclic) bond motifs is 2. The van der Waals surface area contributed by atoms with Crippen LogP contribution in [0.5, 0.6) is 11.5 Å². The predicted molar refractivity (Wildman–Crippen MR) is 124 cm³/mol. The zero-order valence-corrected chi connectivity index (χ0v) is 17.7. The van der Waals surface area contributed by atoms with Crippen molar-refractivity contribution >= 4 is 33.1 Å². The lowest BCUT2D eigenvalue weighted by molar-refractivity contribution is 0.416. The largest absolute Gasteiger partial charge is 0.496 e. The molecule has 0 saturated carbocycles. The molecule has 152 valence electrons. The average molecular weight is 428 g/mol. The first-order chi connectivity index (χ1) is 15.2. The molecule has 31 heavy (non-hydrogen) atoms. The Morgan fingerprint density at radius 3 is 1.48 bits per heavy atom. The van der Waals surface area contributed by atoms with E-state index in [0.717, 1.165) is 32.7 Å². The lowest BCUT2D eigenvalue weighted by Crippen LogP contribution is -2.01. The lowest BCUT2D eigenvalue weighted by Gasteiger charge is -2.14. The van der Waals surface area contributed by atoms with E-state index in [1.807, 2.05) is 72.8 Å². The van der Waals surface area contributed by atoms with Crippen LogP contribution in [0, 0.1) is 0 Å². The second kappa shape index (κ2) is 7.85. The van der Waals surface area contributed by atoms with Gasteiger partial charge in [0, 0.05) is 0 Å². The molecule has 0 aliphatic heterocycles. The number of ether oxygens (including phenoxy) is 2. The molecule has 1 heterocycles. The van der Waals surface area contributed by atoms with Gasteiger partial charge in [0.15, 0.2) is 11.6 Å². The fourth-order valence-electron chi connectivity index (χ4n) is 3.88. The Morgan fingerprint density at radius 2 is 1.03 bits per heavy atom. The molecule has 0 spiro atoms. The number of hydrogen-bond donors (Lipinski definition) is 0. The number of benzene rings is 4. The van der Waals surface area contributed by atoms with Crippen molar-refractivity contribution in [2.45, 2.75) is 0 Å². The zero-order valence-electron chi connectivity index (χ0n) is 17.0. The topological polar surface area (TPSA) is 57.1 Å². The molecule has 5 aromatic rings. The van der Waals surface area contributed by atoms with Gasteiger partial charge in [0.05, 0.1) is 25.3 Å². The maximum atomic E-state index is 6.40. The summed E-state index contributed by atoms with van der Waals surface area (Å²) >= 11 is 6.40. The van der Waals surface area contributed by atoms with Gasteiger partial charge >= 0.3 is 0 Å². The molecule has 0 unspecified atom stereocenters. The molecule has 0 amide bonds. The van der Waals surface area contributed by atoms with E-state index in [9.17, 15) is 0 Å². The summed E-state index contributed by atoms with van der Waals surface area (Å²) in [4.78, 5) is 13.7. The van der Waals surface area contributed by atoms with Crippen molar-refractivity contribution in [1.82, 2.24) is 15.0 Å². The minimum atomic E-state index is 0.102. The summed E-state index contributed by atoms with van der Waals surface area (Å²) in [7, 11) is 3.26. The molecule has 0 atom stereocenters. The highest BCUT2D eigenvalue weighted by atomic mass is 35.5. The third-order valence-corrected chi connectivity index (χ3v) is 5.45. The van der Waals surface area contributed by atoms with E-state index in [2.05, 4.69) is 9.97 Å². The third-order valence-electron chi connectivity index (χ3n) is 5.28. The molecule has 0 saturated heterocycles. The van der Waals surface area contributed by atoms with Crippen LogP contribution in [0.25, 0.3) is 44.3 Å². The summed E-state index contributed by atoms with van der Waals surface area (Å²) in [5.74, 6) is 2.21. The van der Waals surface area contributed by atoms with Crippen LogP contribution < -0.4 is 9.47 Å². The van der Waals surface area contributed by atoms with Gasteiger partial charge in [-0.25, -0.2) is 4.98 Å². The third kappa shape index (κ3) is 3.33. The molecule has 0 aliphatic rings. The summed E-state index contributed by atoms with van der Waals surface area (Å²) < 4.78 is 11.3. The van der Waals surface area contributed by atoms with Crippen LogP contribution in [0.3, 0.4) is 0 Å². The van der Waals surface area contributed by atoms with Crippen LogP contribution in [-0.4, -0.2) is 29.2 Å². The molecule has 5 nitrogen and oxygen atoms in total. The molecule has 0 fully saturated rings. The quantitative estimate of drug-likeness (QED) is 0.342. The minimum Gasteiger partial charge on any atom is -0.496 e. The number of halogens is 1. The maximum Gasteiger partial charge on any atom is 0.226 e. The Balaban J connectivity index is 1.83. The Bertz CT molecular complexity index is 1330. The first-order valence-electron chi connectivity index (χ1n) is 9.73. The zero-order chi connectivity index (χ0) is 21.4. The minimum absolute atomic E-state index is 0.102. The van der Waals surface area contributed by atoms with Crippen molar-refractivity contribution in [1.29, 1.82) is 0 Å². The standard InChI is InChI=1S/C25H18ClN3O2/c1-30-19-13-11-15-7-3-5-9-17(15)21(19)23-27-24(29-25(26)28-23)22-18-10-6-4-8-16(18)12-14-20(22)31-2/h3-14H,1-2H3. The number of hydrogen-bond acceptors (Lipinski definition) is 5. The van der Waals surface area contributed by atoms with Gasteiger partial charge in [0.1, 0.15) is 11.5 Å². The van der Waals surface area contributed by atoms with Gasteiger partial charge in [-0.15, -0.1) is 0 Å². The summed E-state index contributed by atoms with van der Waals surface area (Å²) in [5, 5.41) is 4.16. The summed E-state index contributed by atoms with van der Waals surface area (Å²) in [5.41, 5.74) is 1.54. The fourth-order valence-corrected chi connectivity index (χ4v) is 4.04. The highest BCUT2D eigenvalue weighted by molar-refractivity contribution is 6.28. The monoisotopic (exact) mass is 427 g/mol. The number of methoxy groups -OCH3 is 2. The fraction of sp³-hybridized carbons (Fsp3) is 0.0800. The van der Waals surface area contributed by atoms with Gasteiger partial charge < -0.3 is 9.47 Å². The van der Waals surface area contributed by atoms with Gasteiger partial charge in [-0.05, 0) is 45.3 Å². The Hall–Kier alpha value is -3.70. The molecular formula is C25H18ClN3O2. The molecule has 0 bridgehead atoms. The Labute approximate surface area is 184 Å². The van der Waals surface area contributed by atoms with E-state index in [-0.39, 0.29) is 5.28 Å². The van der Waals surface area contributed by atoms with Gasteiger partial charge in [0.25, 0.3) is 0 Å². The normalized spacial score (nSPS) is 11.1. The Kier molecular flexibility index (Phi) is 4.88. The van der Waals surface area contributed by atoms with Gasteiger partial charge in [0.2, 0.25) is 5.28 Å². The van der Waals surface area contributed by atoms with Crippen molar-refractivity contribution in [2.24, 2.45) is 0 Å². The second-order valence-electron chi connectivity index (χ2n) is 6.98.